The van der Waals surface area contributed by atoms with Gasteiger partial charge in [-0.25, -0.2) is 9.78 Å². The molecule has 2 fully saturated rings. The van der Waals surface area contributed by atoms with Gasteiger partial charge >= 0.3 is 6.03 Å². The molecule has 3 heterocycles. The van der Waals surface area contributed by atoms with Crippen LogP contribution in [-0.2, 0) is 14.4 Å². The van der Waals surface area contributed by atoms with Crippen LogP contribution in [0.4, 0.5) is 9.93 Å². The van der Waals surface area contributed by atoms with Gasteiger partial charge in [-0.15, -0.1) is 23.1 Å². The van der Waals surface area contributed by atoms with Crippen LogP contribution in [0.15, 0.2) is 6.20 Å². The van der Waals surface area contributed by atoms with Crippen molar-refractivity contribution in [2.24, 2.45) is 0 Å². The number of aromatic nitrogens is 1. The summed E-state index contributed by atoms with van der Waals surface area (Å²) >= 11 is 2.91. The van der Waals surface area contributed by atoms with Crippen molar-refractivity contribution >= 4 is 52.0 Å². The Balaban J connectivity index is 1.50. The smallest absolute Gasteiger partial charge is 0.321 e. The van der Waals surface area contributed by atoms with Gasteiger partial charge < -0.3 is 15.1 Å². The molecule has 1 aromatic heterocycles. The van der Waals surface area contributed by atoms with E-state index in [-0.39, 0.29) is 43.3 Å². The predicted molar refractivity (Wildman–Crippen MR) is 102 cm³/mol. The Morgan fingerprint density at radius 1 is 1.37 bits per heavy atom. The van der Waals surface area contributed by atoms with Crippen LogP contribution in [0.1, 0.15) is 17.7 Å². The van der Waals surface area contributed by atoms with E-state index in [1.807, 2.05) is 6.92 Å². The van der Waals surface area contributed by atoms with Gasteiger partial charge in [0.05, 0.1) is 5.88 Å². The zero-order valence-corrected chi connectivity index (χ0v) is 16.8. The molecule has 1 atom stereocenters. The molecule has 3 rings (SSSR count). The maximum Gasteiger partial charge on any atom is 0.326 e. The van der Waals surface area contributed by atoms with Gasteiger partial charge in [0.15, 0.2) is 5.13 Å². The average Bonchev–Trinajstić information content (AvgIpc) is 3.31. The first kappa shape index (κ1) is 19.6. The van der Waals surface area contributed by atoms with Crippen LogP contribution in [0.3, 0.4) is 0 Å². The van der Waals surface area contributed by atoms with Crippen LogP contribution in [0.25, 0.3) is 0 Å². The predicted octanol–water partition coefficient (Wildman–Crippen LogP) is 0.966. The lowest BCUT2D eigenvalue weighted by Gasteiger charge is -2.23. The molecule has 11 heteroatoms. The number of carbonyl (C=O) groups is 4. The van der Waals surface area contributed by atoms with E-state index in [4.69, 9.17) is 0 Å². The first-order chi connectivity index (χ1) is 12.9. The number of aryl methyl sites for hydroxylation is 1. The summed E-state index contributed by atoms with van der Waals surface area (Å²) in [5.74, 6) is 0.355. The summed E-state index contributed by atoms with van der Waals surface area (Å²) in [6.45, 7) is 2.19. The molecule has 5 amide bonds. The third-order valence-corrected chi connectivity index (χ3v) is 6.20. The second-order valence-corrected chi connectivity index (χ2v) is 8.67. The van der Waals surface area contributed by atoms with Crippen molar-refractivity contribution < 1.29 is 19.2 Å². The van der Waals surface area contributed by atoms with Gasteiger partial charge in [-0.05, 0) is 13.3 Å². The molecule has 9 nitrogen and oxygen atoms in total. The van der Waals surface area contributed by atoms with Gasteiger partial charge in [0, 0.05) is 36.8 Å². The Hall–Kier alpha value is -2.14. The fraction of sp³-hybridized carbons (Fsp3) is 0.562. The average molecular weight is 412 g/mol. The minimum atomic E-state index is -0.534. The molecule has 0 saturated carbocycles. The van der Waals surface area contributed by atoms with Crippen molar-refractivity contribution in [1.82, 2.24) is 19.7 Å². The standard InChI is InChI=1S/C16H21N5O4S2/c1-10-6-17-15(27-10)18-14(24)11-8-26-9-21(11)12(22)4-3-5-20-13(23)7-19(2)16(20)25/h6,11H,3-5,7-9H2,1-2H3,(H,17,18,24). The first-order valence-corrected chi connectivity index (χ1v) is 10.5. The highest BCUT2D eigenvalue weighted by molar-refractivity contribution is 7.99. The summed E-state index contributed by atoms with van der Waals surface area (Å²) in [6.07, 6.45) is 2.25. The van der Waals surface area contributed by atoms with Gasteiger partial charge in [-0.2, -0.15) is 0 Å². The molecular formula is C16H21N5O4S2. The van der Waals surface area contributed by atoms with E-state index >= 15 is 0 Å². The lowest BCUT2D eigenvalue weighted by Crippen LogP contribution is -2.44. The van der Waals surface area contributed by atoms with Crippen molar-refractivity contribution in [3.8, 4) is 0 Å². The second kappa shape index (κ2) is 8.26. The van der Waals surface area contributed by atoms with E-state index in [1.54, 1.807) is 18.1 Å². The summed E-state index contributed by atoms with van der Waals surface area (Å²) in [7, 11) is 1.57. The number of imide groups is 1. The number of carbonyl (C=O) groups excluding carboxylic acids is 4. The van der Waals surface area contributed by atoms with E-state index in [9.17, 15) is 19.2 Å². The van der Waals surface area contributed by atoms with Gasteiger partial charge in [-0.3, -0.25) is 19.3 Å². The Kier molecular flexibility index (Phi) is 6.00. The van der Waals surface area contributed by atoms with Gasteiger partial charge in [0.1, 0.15) is 12.6 Å². The summed E-state index contributed by atoms with van der Waals surface area (Å²) in [5, 5.41) is 3.29. The van der Waals surface area contributed by atoms with E-state index in [0.29, 0.717) is 23.2 Å². The third-order valence-electron chi connectivity index (χ3n) is 4.36. The van der Waals surface area contributed by atoms with Crippen LogP contribution < -0.4 is 5.32 Å². The molecule has 1 unspecified atom stereocenters. The lowest BCUT2D eigenvalue weighted by atomic mass is 10.2. The number of hydrogen-bond acceptors (Lipinski definition) is 7. The number of rotatable bonds is 6. The second-order valence-electron chi connectivity index (χ2n) is 6.43. The van der Waals surface area contributed by atoms with Crippen molar-refractivity contribution in [3.05, 3.63) is 11.1 Å². The fourth-order valence-electron chi connectivity index (χ4n) is 2.93. The maximum atomic E-state index is 12.5. The zero-order chi connectivity index (χ0) is 19.6. The van der Waals surface area contributed by atoms with Crippen LogP contribution in [0, 0.1) is 6.92 Å². The van der Waals surface area contributed by atoms with Crippen LogP contribution in [0.2, 0.25) is 0 Å². The summed E-state index contributed by atoms with van der Waals surface area (Å²) in [6, 6.07) is -0.868. The van der Waals surface area contributed by atoms with Gasteiger partial charge in [0.25, 0.3) is 0 Å². The Morgan fingerprint density at radius 3 is 2.78 bits per heavy atom. The maximum absolute atomic E-state index is 12.5. The number of nitrogens with zero attached hydrogens (tertiary/aromatic N) is 4. The van der Waals surface area contributed by atoms with Crippen molar-refractivity contribution in [3.63, 3.8) is 0 Å². The molecule has 2 aliphatic heterocycles. The Bertz CT molecular complexity index is 768. The molecule has 27 heavy (non-hydrogen) atoms. The number of urea groups is 1. The zero-order valence-electron chi connectivity index (χ0n) is 15.1. The molecule has 2 saturated heterocycles. The van der Waals surface area contributed by atoms with Crippen LogP contribution >= 0.6 is 23.1 Å². The monoisotopic (exact) mass is 411 g/mol. The number of thiazole rings is 1. The topological polar surface area (TPSA) is 103 Å². The summed E-state index contributed by atoms with van der Waals surface area (Å²) in [5.41, 5.74) is 0. The van der Waals surface area contributed by atoms with Crippen molar-refractivity contribution in [1.29, 1.82) is 0 Å². The number of anilines is 1. The highest BCUT2D eigenvalue weighted by Gasteiger charge is 2.36. The van der Waals surface area contributed by atoms with E-state index < -0.39 is 6.04 Å². The minimum Gasteiger partial charge on any atom is -0.321 e. The minimum absolute atomic E-state index is 0.0774. The number of thioether (sulfide) groups is 1. The molecule has 1 aromatic rings. The SMILES string of the molecule is Cc1cnc(NC(=O)C2CSCN2C(=O)CCCN2C(=O)CN(C)C2=O)s1. The van der Waals surface area contributed by atoms with E-state index in [1.165, 1.54) is 32.9 Å². The largest absolute Gasteiger partial charge is 0.326 e. The quantitative estimate of drug-likeness (QED) is 0.700. The number of amides is 5. The van der Waals surface area contributed by atoms with Gasteiger partial charge in [0.2, 0.25) is 17.7 Å². The third kappa shape index (κ3) is 4.41. The normalized spacial score (nSPS) is 19.9. The molecular weight excluding hydrogens is 390 g/mol. The Labute approximate surface area is 165 Å². The summed E-state index contributed by atoms with van der Waals surface area (Å²) < 4.78 is 0. The van der Waals surface area contributed by atoms with Crippen molar-refractivity contribution in [2.75, 3.05) is 37.1 Å². The molecule has 0 bridgehead atoms. The molecule has 2 aliphatic rings. The van der Waals surface area contributed by atoms with Gasteiger partial charge in [-0.1, -0.05) is 0 Å². The molecule has 146 valence electrons. The first-order valence-electron chi connectivity index (χ1n) is 8.53. The number of nitrogens with one attached hydrogen (secondary N) is 1. The molecule has 1 N–H and O–H groups in total. The van der Waals surface area contributed by atoms with E-state index in [2.05, 4.69) is 10.3 Å². The Morgan fingerprint density at radius 2 is 2.15 bits per heavy atom. The molecule has 0 spiro atoms. The summed E-state index contributed by atoms with van der Waals surface area (Å²) in [4.78, 5) is 57.8. The van der Waals surface area contributed by atoms with Crippen LogP contribution in [-0.4, -0.2) is 81.2 Å². The molecule has 0 radical (unpaired) electrons. The number of hydrogen-bond donors (Lipinski definition) is 1. The van der Waals surface area contributed by atoms with Crippen LogP contribution in [0.5, 0.6) is 0 Å². The highest BCUT2D eigenvalue weighted by atomic mass is 32.2. The molecule has 0 aromatic carbocycles. The lowest BCUT2D eigenvalue weighted by molar-refractivity contribution is -0.136. The number of likely N-dealkylation sites (N-methyl/N-ethyl adjacent to an activating group) is 1. The highest BCUT2D eigenvalue weighted by Crippen LogP contribution is 2.24. The molecule has 0 aliphatic carbocycles. The van der Waals surface area contributed by atoms with Crippen molar-refractivity contribution in [2.45, 2.75) is 25.8 Å². The van der Waals surface area contributed by atoms with E-state index in [0.717, 1.165) is 4.88 Å². The fourth-order valence-corrected chi connectivity index (χ4v) is 4.78.